The summed E-state index contributed by atoms with van der Waals surface area (Å²) in [6, 6.07) is 3.38. The van der Waals surface area contributed by atoms with Crippen molar-refractivity contribution in [3.63, 3.8) is 0 Å². The highest BCUT2D eigenvalue weighted by atomic mass is 16.5. The Morgan fingerprint density at radius 2 is 1.96 bits per heavy atom. The minimum atomic E-state index is -0.353. The van der Waals surface area contributed by atoms with E-state index >= 15 is 0 Å². The lowest BCUT2D eigenvalue weighted by molar-refractivity contribution is 0.299. The molecule has 0 radical (unpaired) electrons. The van der Waals surface area contributed by atoms with Gasteiger partial charge in [0.15, 0.2) is 17.4 Å². The molecule has 2 aliphatic carbocycles. The van der Waals surface area contributed by atoms with E-state index in [1.54, 1.807) is 26.4 Å². The van der Waals surface area contributed by atoms with Gasteiger partial charge in [-0.1, -0.05) is 6.42 Å². The third-order valence-corrected chi connectivity index (χ3v) is 5.50. The van der Waals surface area contributed by atoms with Crippen LogP contribution in [0.15, 0.2) is 21.3 Å². The van der Waals surface area contributed by atoms with E-state index in [0.29, 0.717) is 34.2 Å². The first-order valence-electron chi connectivity index (χ1n) is 8.23. The monoisotopic (exact) mass is 315 g/mol. The fraction of sp³-hybridized carbons (Fsp3) is 0.556. The molecule has 0 saturated heterocycles. The van der Waals surface area contributed by atoms with Crippen molar-refractivity contribution in [1.82, 2.24) is 4.98 Å². The lowest BCUT2D eigenvalue weighted by Gasteiger charge is -2.20. The Labute approximate surface area is 134 Å². The second-order valence-corrected chi connectivity index (χ2v) is 6.76. The minimum Gasteiger partial charge on any atom is -0.493 e. The zero-order valence-corrected chi connectivity index (χ0v) is 13.5. The molecule has 2 bridgehead atoms. The largest absolute Gasteiger partial charge is 0.493 e. The quantitative estimate of drug-likeness (QED) is 0.867. The number of rotatable bonds is 4. The maximum Gasteiger partial charge on any atom is 0.346 e. The number of hydrogen-bond acceptors (Lipinski definition) is 5. The van der Waals surface area contributed by atoms with E-state index in [1.807, 2.05) is 0 Å². The second kappa shape index (κ2) is 5.55. The van der Waals surface area contributed by atoms with Gasteiger partial charge in [0.1, 0.15) is 0 Å². The van der Waals surface area contributed by atoms with Crippen molar-refractivity contribution < 1.29 is 13.9 Å². The van der Waals surface area contributed by atoms with Gasteiger partial charge in [0.05, 0.1) is 25.1 Å². The van der Waals surface area contributed by atoms with Gasteiger partial charge in [-0.05, 0) is 37.0 Å². The molecule has 5 heteroatoms. The van der Waals surface area contributed by atoms with Crippen LogP contribution in [-0.2, 0) is 6.42 Å². The molecule has 0 amide bonds. The van der Waals surface area contributed by atoms with Gasteiger partial charge < -0.3 is 13.9 Å². The molecule has 2 fully saturated rings. The highest BCUT2D eigenvalue weighted by Crippen LogP contribution is 2.49. The van der Waals surface area contributed by atoms with Gasteiger partial charge in [0.2, 0.25) is 0 Å². The van der Waals surface area contributed by atoms with E-state index < -0.39 is 0 Å². The van der Waals surface area contributed by atoms with Crippen molar-refractivity contribution >= 4 is 10.9 Å². The van der Waals surface area contributed by atoms with Gasteiger partial charge in [-0.3, -0.25) is 0 Å². The van der Waals surface area contributed by atoms with Gasteiger partial charge in [0, 0.05) is 18.6 Å². The van der Waals surface area contributed by atoms with E-state index in [4.69, 9.17) is 13.9 Å². The Bertz CT molecular complexity index is 797. The average molecular weight is 315 g/mol. The summed E-state index contributed by atoms with van der Waals surface area (Å²) in [7, 11) is 3.12. The molecule has 122 valence electrons. The summed E-state index contributed by atoms with van der Waals surface area (Å²) >= 11 is 0. The fourth-order valence-corrected chi connectivity index (χ4v) is 4.38. The summed E-state index contributed by atoms with van der Waals surface area (Å²) < 4.78 is 16.0. The first kappa shape index (κ1) is 14.5. The van der Waals surface area contributed by atoms with Crippen molar-refractivity contribution in [1.29, 1.82) is 0 Å². The molecular weight excluding hydrogens is 294 g/mol. The van der Waals surface area contributed by atoms with Crippen molar-refractivity contribution in [2.45, 2.75) is 32.1 Å². The highest BCUT2D eigenvalue weighted by molar-refractivity contribution is 5.81. The van der Waals surface area contributed by atoms with Gasteiger partial charge in [-0.2, -0.15) is 0 Å². The van der Waals surface area contributed by atoms with E-state index in [1.165, 1.54) is 25.7 Å². The number of nitrogens with zero attached hydrogens (tertiary/aromatic N) is 1. The van der Waals surface area contributed by atoms with Crippen molar-refractivity contribution in [2.24, 2.45) is 17.8 Å². The SMILES string of the molecule is COc1cc2nc(C[C@@H]3C[C@H]4CC[C@H]3C4)oc(=O)c2cc1OC. The van der Waals surface area contributed by atoms with E-state index in [2.05, 4.69) is 4.98 Å². The molecule has 1 aromatic heterocycles. The van der Waals surface area contributed by atoms with E-state index in [-0.39, 0.29) is 5.63 Å². The maximum absolute atomic E-state index is 12.3. The predicted octanol–water partition coefficient (Wildman–Crippen LogP) is 3.18. The number of benzene rings is 1. The average Bonchev–Trinajstić information content (AvgIpc) is 3.16. The molecule has 5 nitrogen and oxygen atoms in total. The van der Waals surface area contributed by atoms with Crippen LogP contribution in [0, 0.1) is 17.8 Å². The van der Waals surface area contributed by atoms with Gasteiger partial charge >= 0.3 is 5.63 Å². The lowest BCUT2D eigenvalue weighted by atomic mass is 9.86. The molecular formula is C18H21NO4. The topological polar surface area (TPSA) is 61.6 Å². The van der Waals surface area contributed by atoms with Crippen LogP contribution in [0.3, 0.4) is 0 Å². The highest BCUT2D eigenvalue weighted by Gasteiger charge is 2.39. The Morgan fingerprint density at radius 1 is 1.17 bits per heavy atom. The van der Waals surface area contributed by atoms with Crippen LogP contribution in [-0.4, -0.2) is 19.2 Å². The van der Waals surface area contributed by atoms with Gasteiger partial charge in [-0.15, -0.1) is 0 Å². The van der Waals surface area contributed by atoms with E-state index in [9.17, 15) is 4.79 Å². The Morgan fingerprint density at radius 3 is 2.61 bits per heavy atom. The molecule has 0 spiro atoms. The second-order valence-electron chi connectivity index (χ2n) is 6.76. The van der Waals surface area contributed by atoms with Crippen molar-refractivity contribution in [2.75, 3.05) is 14.2 Å². The zero-order chi connectivity index (χ0) is 16.0. The smallest absolute Gasteiger partial charge is 0.346 e. The normalized spacial score (nSPS) is 25.9. The Hall–Kier alpha value is -2.04. The first-order valence-corrected chi connectivity index (χ1v) is 8.23. The van der Waals surface area contributed by atoms with Crippen LogP contribution in [0.25, 0.3) is 10.9 Å². The molecule has 2 saturated carbocycles. The number of fused-ring (bicyclic) bond motifs is 3. The summed E-state index contributed by atoms with van der Waals surface area (Å²) in [5, 5.41) is 0.430. The number of hydrogen-bond donors (Lipinski definition) is 0. The molecule has 4 rings (SSSR count). The van der Waals surface area contributed by atoms with Gasteiger partial charge in [-0.25, -0.2) is 9.78 Å². The van der Waals surface area contributed by atoms with Crippen LogP contribution in [0.4, 0.5) is 0 Å². The maximum atomic E-state index is 12.3. The molecule has 0 unspecified atom stereocenters. The molecule has 3 atom stereocenters. The summed E-state index contributed by atoms with van der Waals surface area (Å²) in [6.07, 6.45) is 6.04. The Balaban J connectivity index is 1.70. The standard InChI is InChI=1S/C18H21NO4/c1-21-15-8-13-14(9-16(15)22-2)19-17(23-18(13)20)7-12-6-10-3-4-11(12)5-10/h8-12H,3-7H2,1-2H3/t10-,11-,12-/m0/s1. The van der Waals surface area contributed by atoms with Crippen LogP contribution in [0.5, 0.6) is 11.5 Å². The molecule has 1 aromatic carbocycles. The molecule has 0 N–H and O–H groups in total. The summed E-state index contributed by atoms with van der Waals surface area (Å²) in [6.45, 7) is 0. The predicted molar refractivity (Wildman–Crippen MR) is 86.0 cm³/mol. The third-order valence-electron chi connectivity index (χ3n) is 5.50. The number of ether oxygens (including phenoxy) is 2. The van der Waals surface area contributed by atoms with Crippen LogP contribution >= 0.6 is 0 Å². The third kappa shape index (κ3) is 2.48. The van der Waals surface area contributed by atoms with Gasteiger partial charge in [0.25, 0.3) is 0 Å². The summed E-state index contributed by atoms with van der Waals surface area (Å²) in [4.78, 5) is 16.9. The first-order chi connectivity index (χ1) is 11.2. The number of aromatic nitrogens is 1. The zero-order valence-electron chi connectivity index (χ0n) is 13.5. The van der Waals surface area contributed by atoms with E-state index in [0.717, 1.165) is 18.3 Å². The van der Waals surface area contributed by atoms with Crippen LogP contribution in [0.2, 0.25) is 0 Å². The lowest BCUT2D eigenvalue weighted by Crippen LogP contribution is -2.15. The summed E-state index contributed by atoms with van der Waals surface area (Å²) in [5.74, 6) is 3.91. The molecule has 2 aliphatic rings. The van der Waals surface area contributed by atoms with Crippen LogP contribution in [0.1, 0.15) is 31.6 Å². The minimum absolute atomic E-state index is 0.353. The van der Waals surface area contributed by atoms with Crippen LogP contribution < -0.4 is 15.1 Å². The number of methoxy groups -OCH3 is 2. The Kier molecular flexibility index (Phi) is 3.51. The van der Waals surface area contributed by atoms with Crippen molar-refractivity contribution in [3.05, 3.63) is 28.4 Å². The molecule has 1 heterocycles. The summed E-state index contributed by atoms with van der Waals surface area (Å²) in [5.41, 5.74) is 0.256. The molecule has 0 aliphatic heterocycles. The molecule has 23 heavy (non-hydrogen) atoms. The molecule has 2 aromatic rings. The fourth-order valence-electron chi connectivity index (χ4n) is 4.38. The van der Waals surface area contributed by atoms with Crippen molar-refractivity contribution in [3.8, 4) is 11.5 Å².